The van der Waals surface area contributed by atoms with Crippen LogP contribution in [0.2, 0.25) is 0 Å². The molecule has 0 amide bonds. The van der Waals surface area contributed by atoms with Crippen molar-refractivity contribution in [3.8, 4) is 5.69 Å². The minimum Gasteiger partial charge on any atom is -0.365 e. The molecule has 3 aromatic rings. The third-order valence-corrected chi connectivity index (χ3v) is 5.33. The molecule has 4 rings (SSSR count). The van der Waals surface area contributed by atoms with Gasteiger partial charge >= 0.3 is 0 Å². The lowest BCUT2D eigenvalue weighted by Crippen LogP contribution is -2.42. The number of halogens is 3. The second-order valence-corrected chi connectivity index (χ2v) is 7.79. The van der Waals surface area contributed by atoms with E-state index in [0.717, 1.165) is 6.21 Å². The molecule has 0 bridgehead atoms. The molecule has 2 heterocycles. The lowest BCUT2D eigenvalue weighted by molar-refractivity contribution is -0.0116. The van der Waals surface area contributed by atoms with Gasteiger partial charge in [-0.25, -0.2) is 17.9 Å². The van der Waals surface area contributed by atoms with E-state index in [1.54, 1.807) is 30.3 Å². The second kappa shape index (κ2) is 9.40. The van der Waals surface area contributed by atoms with E-state index in [4.69, 9.17) is 5.41 Å². The van der Waals surface area contributed by atoms with Crippen LogP contribution in [-0.4, -0.2) is 40.7 Å². The summed E-state index contributed by atoms with van der Waals surface area (Å²) in [5.41, 5.74) is 0.909. The normalized spacial score (nSPS) is 16.0. The van der Waals surface area contributed by atoms with Crippen LogP contribution in [0.25, 0.3) is 5.69 Å². The number of alkyl halides is 2. The van der Waals surface area contributed by atoms with Gasteiger partial charge in [0, 0.05) is 43.6 Å². The molecule has 1 saturated heterocycles. The molecule has 1 aliphatic rings. The highest BCUT2D eigenvalue weighted by atomic mass is 19.3. The molecule has 0 aliphatic carbocycles. The summed E-state index contributed by atoms with van der Waals surface area (Å²) < 4.78 is 43.7. The summed E-state index contributed by atoms with van der Waals surface area (Å²) in [4.78, 5) is 18.4. The molecule has 1 fully saturated rings. The quantitative estimate of drug-likeness (QED) is 0.547. The Bertz CT molecular complexity index is 1240. The van der Waals surface area contributed by atoms with E-state index < -0.39 is 23.7 Å². The third kappa shape index (κ3) is 5.19. The summed E-state index contributed by atoms with van der Waals surface area (Å²) in [7, 11) is 0. The Balaban J connectivity index is 1.69. The van der Waals surface area contributed by atoms with Gasteiger partial charge in [-0.1, -0.05) is 18.2 Å². The SMILES string of the molecule is N=CCC(=Nc1ccccc1)c1nn(-c2ccc(N3CCCC(F)(F)C3)cc2F)ccc1=O. The molecule has 170 valence electrons. The molecule has 0 radical (unpaired) electrons. The number of nitrogens with one attached hydrogen (secondary N) is 1. The summed E-state index contributed by atoms with van der Waals surface area (Å²) >= 11 is 0. The Morgan fingerprint density at radius 1 is 1.18 bits per heavy atom. The molecule has 1 N–H and O–H groups in total. The number of aliphatic imine (C=N–C) groups is 1. The number of anilines is 1. The maximum Gasteiger partial charge on any atom is 0.265 e. The Hall–Kier alpha value is -3.75. The van der Waals surface area contributed by atoms with Crippen molar-refractivity contribution in [3.05, 3.63) is 82.5 Å². The fourth-order valence-corrected chi connectivity index (χ4v) is 3.76. The van der Waals surface area contributed by atoms with E-state index in [1.165, 1.54) is 34.0 Å². The van der Waals surface area contributed by atoms with E-state index in [9.17, 15) is 18.0 Å². The van der Waals surface area contributed by atoms with Crippen LogP contribution in [0.5, 0.6) is 0 Å². The molecular formula is C24H22F3N5O. The van der Waals surface area contributed by atoms with Crippen LogP contribution in [-0.2, 0) is 0 Å². The number of hydrogen-bond donors (Lipinski definition) is 1. The van der Waals surface area contributed by atoms with E-state index in [0.29, 0.717) is 24.3 Å². The van der Waals surface area contributed by atoms with Crippen molar-refractivity contribution in [2.24, 2.45) is 4.99 Å². The predicted molar refractivity (Wildman–Crippen MR) is 122 cm³/mol. The summed E-state index contributed by atoms with van der Waals surface area (Å²) in [5, 5.41) is 11.7. The predicted octanol–water partition coefficient (Wildman–Crippen LogP) is 4.77. The van der Waals surface area contributed by atoms with Crippen molar-refractivity contribution in [1.29, 1.82) is 5.41 Å². The molecule has 0 spiro atoms. The first-order valence-electron chi connectivity index (χ1n) is 10.5. The fraction of sp³-hybridized carbons (Fsp3) is 0.250. The van der Waals surface area contributed by atoms with Gasteiger partial charge in [0.25, 0.3) is 5.92 Å². The topological polar surface area (TPSA) is 74.3 Å². The van der Waals surface area contributed by atoms with Crippen molar-refractivity contribution in [2.75, 3.05) is 18.0 Å². The van der Waals surface area contributed by atoms with Crippen LogP contribution < -0.4 is 10.3 Å². The highest BCUT2D eigenvalue weighted by Crippen LogP contribution is 2.31. The molecule has 0 unspecified atom stereocenters. The zero-order chi connectivity index (χ0) is 23.4. The molecule has 33 heavy (non-hydrogen) atoms. The Labute approximate surface area is 188 Å². The fourth-order valence-electron chi connectivity index (χ4n) is 3.76. The van der Waals surface area contributed by atoms with Crippen molar-refractivity contribution in [2.45, 2.75) is 25.2 Å². The number of benzene rings is 2. The molecular weight excluding hydrogens is 431 g/mol. The van der Waals surface area contributed by atoms with Crippen molar-refractivity contribution in [3.63, 3.8) is 0 Å². The van der Waals surface area contributed by atoms with Gasteiger partial charge in [-0.15, -0.1) is 0 Å². The highest BCUT2D eigenvalue weighted by Gasteiger charge is 2.35. The lowest BCUT2D eigenvalue weighted by Gasteiger charge is -2.34. The second-order valence-electron chi connectivity index (χ2n) is 7.79. The smallest absolute Gasteiger partial charge is 0.265 e. The largest absolute Gasteiger partial charge is 0.365 e. The van der Waals surface area contributed by atoms with Gasteiger partial charge in [0.2, 0.25) is 5.43 Å². The van der Waals surface area contributed by atoms with E-state index in [2.05, 4.69) is 10.1 Å². The standard InChI is InChI=1S/C24H22F3N5O/c25-19-15-18(31-13-4-11-24(26,27)16-31)7-8-21(19)32-14-10-22(33)23(30-32)20(9-12-28)29-17-5-2-1-3-6-17/h1-3,5-8,10,12,14-15,28H,4,9,11,13,16H2. The average Bonchev–Trinajstić information content (AvgIpc) is 2.79. The first-order valence-corrected chi connectivity index (χ1v) is 10.5. The summed E-state index contributed by atoms with van der Waals surface area (Å²) in [6, 6.07) is 14.4. The Morgan fingerprint density at radius 3 is 2.67 bits per heavy atom. The van der Waals surface area contributed by atoms with Crippen molar-refractivity contribution >= 4 is 23.3 Å². The third-order valence-electron chi connectivity index (χ3n) is 5.33. The molecule has 9 heteroatoms. The average molecular weight is 453 g/mol. The Kier molecular flexibility index (Phi) is 6.39. The molecule has 1 aliphatic heterocycles. The molecule has 0 atom stereocenters. The van der Waals surface area contributed by atoms with Crippen LogP contribution >= 0.6 is 0 Å². The van der Waals surface area contributed by atoms with Gasteiger partial charge in [-0.05, 0) is 36.8 Å². The van der Waals surface area contributed by atoms with Crippen LogP contribution in [0.4, 0.5) is 24.5 Å². The van der Waals surface area contributed by atoms with Gasteiger partial charge in [0.15, 0.2) is 11.5 Å². The molecule has 1 aromatic heterocycles. The van der Waals surface area contributed by atoms with Gasteiger partial charge < -0.3 is 10.3 Å². The van der Waals surface area contributed by atoms with E-state index >= 15 is 0 Å². The number of para-hydroxylation sites is 1. The van der Waals surface area contributed by atoms with Crippen LogP contribution in [0.3, 0.4) is 0 Å². The number of piperidine rings is 1. The van der Waals surface area contributed by atoms with Crippen molar-refractivity contribution < 1.29 is 13.2 Å². The monoisotopic (exact) mass is 453 g/mol. The zero-order valence-corrected chi connectivity index (χ0v) is 17.7. The van der Waals surface area contributed by atoms with Gasteiger partial charge in [0.05, 0.1) is 17.9 Å². The number of aromatic nitrogens is 2. The zero-order valence-electron chi connectivity index (χ0n) is 17.7. The van der Waals surface area contributed by atoms with E-state index in [1.807, 2.05) is 6.07 Å². The molecule has 2 aromatic carbocycles. The van der Waals surface area contributed by atoms with Gasteiger partial charge in [-0.2, -0.15) is 5.10 Å². The minimum absolute atomic E-state index is 0.00371. The van der Waals surface area contributed by atoms with E-state index in [-0.39, 0.29) is 29.9 Å². The first kappa shape index (κ1) is 22.4. The van der Waals surface area contributed by atoms with Crippen LogP contribution in [0, 0.1) is 11.2 Å². The molecule has 0 saturated carbocycles. The Morgan fingerprint density at radius 2 is 1.97 bits per heavy atom. The number of nitrogens with zero attached hydrogens (tertiary/aromatic N) is 4. The minimum atomic E-state index is -2.80. The summed E-state index contributed by atoms with van der Waals surface area (Å²) in [6.07, 6.45) is 2.69. The van der Waals surface area contributed by atoms with Gasteiger partial charge in [-0.3, -0.25) is 9.79 Å². The maximum absolute atomic E-state index is 15.0. The number of hydrogen-bond acceptors (Lipinski definition) is 5. The summed E-state index contributed by atoms with van der Waals surface area (Å²) in [6.45, 7) is -0.0210. The highest BCUT2D eigenvalue weighted by molar-refractivity contribution is 6.06. The first-order chi connectivity index (χ1) is 15.9. The van der Waals surface area contributed by atoms with Crippen molar-refractivity contribution in [1.82, 2.24) is 9.78 Å². The number of rotatable bonds is 6. The molecule has 6 nitrogen and oxygen atoms in total. The lowest BCUT2D eigenvalue weighted by atomic mass is 10.1. The maximum atomic E-state index is 15.0. The van der Waals surface area contributed by atoms with Gasteiger partial charge in [0.1, 0.15) is 5.69 Å². The van der Waals surface area contributed by atoms with Crippen LogP contribution in [0.15, 0.2) is 70.6 Å². The summed E-state index contributed by atoms with van der Waals surface area (Å²) in [5.74, 6) is -3.46. The van der Waals surface area contributed by atoms with Crippen LogP contribution in [0.1, 0.15) is 25.0 Å².